The van der Waals surface area contributed by atoms with Crippen molar-refractivity contribution < 1.29 is 9.53 Å². The topological polar surface area (TPSA) is 63.2 Å². The normalized spacial score (nSPS) is 19.6. The zero-order valence-corrected chi connectivity index (χ0v) is 11.6. The fourth-order valence-electron chi connectivity index (χ4n) is 2.42. The van der Waals surface area contributed by atoms with Crippen molar-refractivity contribution in [3.05, 3.63) is 29.6 Å². The second kappa shape index (κ2) is 6.22. The Bertz CT molecular complexity index is 451. The molecule has 5 nitrogen and oxygen atoms in total. The summed E-state index contributed by atoms with van der Waals surface area (Å²) in [4.78, 5) is 16.2. The second-order valence-electron chi connectivity index (χ2n) is 5.58. The first-order chi connectivity index (χ1) is 9.81. The Morgan fingerprint density at radius 1 is 1.25 bits per heavy atom. The van der Waals surface area contributed by atoms with Gasteiger partial charge in [0.2, 0.25) is 0 Å². The van der Waals surface area contributed by atoms with Gasteiger partial charge < -0.3 is 15.4 Å². The van der Waals surface area contributed by atoms with Crippen molar-refractivity contribution >= 4 is 6.03 Å². The quantitative estimate of drug-likeness (QED) is 0.882. The van der Waals surface area contributed by atoms with E-state index in [1.807, 2.05) is 6.20 Å². The van der Waals surface area contributed by atoms with E-state index >= 15 is 0 Å². The van der Waals surface area contributed by atoms with Gasteiger partial charge in [-0.3, -0.25) is 4.98 Å². The Kier molecular flexibility index (Phi) is 4.16. The van der Waals surface area contributed by atoms with Crippen LogP contribution in [0.4, 0.5) is 4.79 Å². The van der Waals surface area contributed by atoms with E-state index in [9.17, 15) is 4.79 Å². The van der Waals surface area contributed by atoms with E-state index in [2.05, 4.69) is 27.8 Å². The molecule has 20 heavy (non-hydrogen) atoms. The first-order valence-corrected chi connectivity index (χ1v) is 7.38. The maximum Gasteiger partial charge on any atom is 0.315 e. The lowest BCUT2D eigenvalue weighted by Crippen LogP contribution is -2.44. The predicted octanol–water partition coefficient (Wildman–Crippen LogP) is 1.94. The fourth-order valence-corrected chi connectivity index (χ4v) is 2.42. The van der Waals surface area contributed by atoms with Gasteiger partial charge in [-0.2, -0.15) is 0 Å². The van der Waals surface area contributed by atoms with Gasteiger partial charge in [-0.25, -0.2) is 4.79 Å². The number of urea groups is 1. The Morgan fingerprint density at radius 2 is 2.05 bits per heavy atom. The summed E-state index contributed by atoms with van der Waals surface area (Å²) in [6, 6.07) is 4.25. The molecule has 0 spiro atoms. The van der Waals surface area contributed by atoms with Crippen LogP contribution in [0.2, 0.25) is 0 Å². The van der Waals surface area contributed by atoms with Crippen LogP contribution in [-0.2, 0) is 11.3 Å². The van der Waals surface area contributed by atoms with Crippen LogP contribution >= 0.6 is 0 Å². The summed E-state index contributed by atoms with van der Waals surface area (Å²) in [5.74, 6) is 0.675. The largest absolute Gasteiger partial charge is 0.381 e. The molecule has 2 heterocycles. The number of aromatic nitrogens is 1. The summed E-state index contributed by atoms with van der Waals surface area (Å²) in [7, 11) is 0. The summed E-state index contributed by atoms with van der Waals surface area (Å²) in [5.41, 5.74) is 2.22. The van der Waals surface area contributed by atoms with Crippen LogP contribution in [-0.4, -0.2) is 30.3 Å². The minimum absolute atomic E-state index is 0.108. The van der Waals surface area contributed by atoms with Crippen LogP contribution < -0.4 is 10.6 Å². The minimum atomic E-state index is -0.108. The van der Waals surface area contributed by atoms with Gasteiger partial charge in [0.05, 0.1) is 0 Å². The van der Waals surface area contributed by atoms with Gasteiger partial charge in [0, 0.05) is 43.6 Å². The number of nitrogens with zero attached hydrogens (tertiary/aromatic N) is 1. The molecule has 1 aliphatic heterocycles. The van der Waals surface area contributed by atoms with Crippen LogP contribution in [0.5, 0.6) is 0 Å². The zero-order valence-electron chi connectivity index (χ0n) is 11.6. The van der Waals surface area contributed by atoms with Crippen LogP contribution in [0.25, 0.3) is 0 Å². The van der Waals surface area contributed by atoms with E-state index in [4.69, 9.17) is 4.74 Å². The van der Waals surface area contributed by atoms with Crippen molar-refractivity contribution in [2.75, 3.05) is 13.2 Å². The molecule has 1 aromatic heterocycles. The number of hydrogen-bond donors (Lipinski definition) is 2. The number of hydrogen-bond acceptors (Lipinski definition) is 3. The van der Waals surface area contributed by atoms with E-state index in [0.29, 0.717) is 12.5 Å². The maximum absolute atomic E-state index is 11.8. The number of nitrogens with one attached hydrogen (secondary N) is 2. The lowest BCUT2D eigenvalue weighted by Gasteiger charge is -2.23. The number of carbonyl (C=O) groups excluding carboxylic acids is 1. The molecule has 3 rings (SSSR count). The average Bonchev–Trinajstić information content (AvgIpc) is 3.31. The third-order valence-electron chi connectivity index (χ3n) is 3.85. The Morgan fingerprint density at radius 3 is 2.70 bits per heavy atom. The summed E-state index contributed by atoms with van der Waals surface area (Å²) in [6.45, 7) is 1.99. The smallest absolute Gasteiger partial charge is 0.315 e. The summed E-state index contributed by atoms with van der Waals surface area (Å²) < 4.78 is 5.27. The lowest BCUT2D eigenvalue weighted by atomic mass is 10.1. The molecule has 5 heteroatoms. The Balaban J connectivity index is 1.42. The summed E-state index contributed by atoms with van der Waals surface area (Å²) >= 11 is 0. The van der Waals surface area contributed by atoms with Crippen LogP contribution in [0.3, 0.4) is 0 Å². The number of pyridine rings is 1. The number of amides is 2. The highest BCUT2D eigenvalue weighted by atomic mass is 16.5. The third kappa shape index (κ3) is 3.70. The summed E-state index contributed by atoms with van der Waals surface area (Å²) in [6.07, 6.45) is 6.18. The van der Waals surface area contributed by atoms with Crippen LogP contribution in [0.1, 0.15) is 42.9 Å². The van der Waals surface area contributed by atoms with Crippen molar-refractivity contribution in [3.8, 4) is 0 Å². The van der Waals surface area contributed by atoms with Gasteiger partial charge in [-0.05, 0) is 37.3 Å². The molecular formula is C15H21N3O2. The average molecular weight is 275 g/mol. The number of rotatable bonds is 4. The van der Waals surface area contributed by atoms with E-state index < -0.39 is 0 Å². The third-order valence-corrected chi connectivity index (χ3v) is 3.85. The van der Waals surface area contributed by atoms with Crippen molar-refractivity contribution in [2.24, 2.45) is 0 Å². The molecule has 1 saturated carbocycles. The minimum Gasteiger partial charge on any atom is -0.381 e. The van der Waals surface area contributed by atoms with E-state index in [0.717, 1.165) is 31.6 Å². The van der Waals surface area contributed by atoms with Crippen molar-refractivity contribution in [1.82, 2.24) is 15.6 Å². The van der Waals surface area contributed by atoms with Gasteiger partial charge >= 0.3 is 6.03 Å². The van der Waals surface area contributed by atoms with E-state index in [1.165, 1.54) is 18.5 Å². The monoisotopic (exact) mass is 275 g/mol. The van der Waals surface area contributed by atoms with Crippen LogP contribution in [0, 0.1) is 0 Å². The van der Waals surface area contributed by atoms with E-state index in [1.54, 1.807) is 0 Å². The number of ether oxygens (including phenoxy) is 1. The molecule has 1 saturated heterocycles. The first-order valence-electron chi connectivity index (χ1n) is 7.38. The predicted molar refractivity (Wildman–Crippen MR) is 75.4 cm³/mol. The molecule has 2 amide bonds. The highest BCUT2D eigenvalue weighted by molar-refractivity contribution is 5.74. The fraction of sp³-hybridized carbons (Fsp3) is 0.600. The molecule has 0 bridgehead atoms. The Hall–Kier alpha value is -1.62. The standard InChI is InChI=1S/C15H21N3O2/c19-15(18-13-5-7-20-8-6-13)17-10-11-1-4-14(16-9-11)12-2-3-12/h1,4,9,12-13H,2-3,5-8,10H2,(H2,17,18,19). The van der Waals surface area contributed by atoms with Gasteiger partial charge in [0.1, 0.15) is 0 Å². The van der Waals surface area contributed by atoms with Crippen LogP contribution in [0.15, 0.2) is 18.3 Å². The van der Waals surface area contributed by atoms with Crippen molar-refractivity contribution in [2.45, 2.75) is 44.2 Å². The SMILES string of the molecule is O=C(NCc1ccc(C2CC2)nc1)NC1CCOCC1. The molecule has 0 aromatic carbocycles. The molecule has 0 radical (unpaired) electrons. The Labute approximate surface area is 119 Å². The molecule has 108 valence electrons. The lowest BCUT2D eigenvalue weighted by molar-refractivity contribution is 0.0801. The second-order valence-corrected chi connectivity index (χ2v) is 5.58. The highest BCUT2D eigenvalue weighted by Gasteiger charge is 2.24. The molecule has 2 N–H and O–H groups in total. The summed E-state index contributed by atoms with van der Waals surface area (Å²) in [5, 5.41) is 5.86. The molecule has 0 unspecified atom stereocenters. The first kappa shape index (κ1) is 13.4. The maximum atomic E-state index is 11.8. The van der Waals surface area contributed by atoms with Crippen molar-refractivity contribution in [1.29, 1.82) is 0 Å². The molecule has 0 atom stereocenters. The zero-order chi connectivity index (χ0) is 13.8. The molecular weight excluding hydrogens is 254 g/mol. The van der Waals surface area contributed by atoms with Gasteiger partial charge in [-0.15, -0.1) is 0 Å². The molecule has 1 aliphatic carbocycles. The number of carbonyl (C=O) groups is 1. The van der Waals surface area contributed by atoms with Gasteiger partial charge in [0.25, 0.3) is 0 Å². The van der Waals surface area contributed by atoms with Gasteiger partial charge in [0.15, 0.2) is 0 Å². The molecule has 2 fully saturated rings. The molecule has 2 aliphatic rings. The highest BCUT2D eigenvalue weighted by Crippen LogP contribution is 2.38. The molecule has 1 aromatic rings. The van der Waals surface area contributed by atoms with E-state index in [-0.39, 0.29) is 12.1 Å². The van der Waals surface area contributed by atoms with Gasteiger partial charge in [-0.1, -0.05) is 6.07 Å². The van der Waals surface area contributed by atoms with Crippen molar-refractivity contribution in [3.63, 3.8) is 0 Å².